The highest BCUT2D eigenvalue weighted by atomic mass is 35.5. The van der Waals surface area contributed by atoms with Crippen molar-refractivity contribution in [1.29, 1.82) is 0 Å². The predicted octanol–water partition coefficient (Wildman–Crippen LogP) is 1.58. The van der Waals surface area contributed by atoms with Crippen LogP contribution in [0.5, 0.6) is 0 Å². The Kier molecular flexibility index (Phi) is 7.86. The van der Waals surface area contributed by atoms with E-state index in [9.17, 15) is 19.2 Å². The van der Waals surface area contributed by atoms with E-state index in [1.54, 1.807) is 0 Å². The summed E-state index contributed by atoms with van der Waals surface area (Å²) in [5.41, 5.74) is 2.93. The van der Waals surface area contributed by atoms with E-state index in [1.165, 1.54) is 28.6 Å². The highest BCUT2D eigenvalue weighted by Crippen LogP contribution is 2.26. The van der Waals surface area contributed by atoms with E-state index in [0.717, 1.165) is 4.68 Å². The predicted molar refractivity (Wildman–Crippen MR) is 130 cm³/mol. The molecule has 1 saturated heterocycles. The van der Waals surface area contributed by atoms with Gasteiger partial charge in [-0.15, -0.1) is 17.5 Å². The summed E-state index contributed by atoms with van der Waals surface area (Å²) >= 11 is 0. The summed E-state index contributed by atoms with van der Waals surface area (Å²) in [7, 11) is 1.40. The fourth-order valence-electron chi connectivity index (χ4n) is 4.59. The molecule has 0 spiro atoms. The van der Waals surface area contributed by atoms with Crippen molar-refractivity contribution in [2.75, 3.05) is 13.1 Å². The largest absolute Gasteiger partial charge is 0.437 e. The van der Waals surface area contributed by atoms with Crippen LogP contribution < -0.4 is 11.1 Å². The maximum atomic E-state index is 12.9. The number of Topliss-reactive ketones (excluding diaryl/α,β-unsaturated/α-hetero) is 1. The van der Waals surface area contributed by atoms with Gasteiger partial charge in [0.2, 0.25) is 17.6 Å². The summed E-state index contributed by atoms with van der Waals surface area (Å²) in [6.07, 6.45) is 1.41. The van der Waals surface area contributed by atoms with Gasteiger partial charge >= 0.3 is 5.76 Å². The molecule has 10 nitrogen and oxygen atoms in total. The SMILES string of the molecule is Cc1ccc2c(c1)CN(C(=O)CC(C)(C)NCC(=O)N1CCC[C@H]1C(=O)c1nn(C)c(=O)o1)C2.Cl. The molecule has 1 aromatic heterocycles. The monoisotopic (exact) mass is 505 g/mol. The van der Waals surface area contributed by atoms with Crippen LogP contribution in [0.1, 0.15) is 60.5 Å². The summed E-state index contributed by atoms with van der Waals surface area (Å²) in [5, 5.41) is 7.01. The average Bonchev–Trinajstić information content (AvgIpc) is 3.50. The van der Waals surface area contributed by atoms with E-state index in [1.807, 2.05) is 25.7 Å². The number of rotatable bonds is 7. The molecule has 3 heterocycles. The van der Waals surface area contributed by atoms with E-state index in [2.05, 4.69) is 28.6 Å². The molecule has 1 fully saturated rings. The number of fused-ring (bicyclic) bond motifs is 1. The molecule has 2 aromatic rings. The van der Waals surface area contributed by atoms with Crippen molar-refractivity contribution in [3.8, 4) is 0 Å². The number of aryl methyl sites for hydroxylation is 2. The zero-order chi connectivity index (χ0) is 24.6. The fourth-order valence-corrected chi connectivity index (χ4v) is 4.59. The smallest absolute Gasteiger partial charge is 0.384 e. The molecule has 11 heteroatoms. The van der Waals surface area contributed by atoms with Gasteiger partial charge in [-0.05, 0) is 44.7 Å². The van der Waals surface area contributed by atoms with Crippen LogP contribution in [0.2, 0.25) is 0 Å². The van der Waals surface area contributed by atoms with E-state index in [0.29, 0.717) is 32.5 Å². The van der Waals surface area contributed by atoms with Gasteiger partial charge in [0, 0.05) is 38.6 Å². The fraction of sp³-hybridized carbons (Fsp3) is 0.542. The first-order chi connectivity index (χ1) is 16.0. The number of carbonyl (C=O) groups is 3. The number of carbonyl (C=O) groups excluding carboxylic acids is 3. The zero-order valence-electron chi connectivity index (χ0n) is 20.5. The van der Waals surface area contributed by atoms with Crippen LogP contribution in [-0.2, 0) is 29.7 Å². The van der Waals surface area contributed by atoms with Crippen molar-refractivity contribution in [2.45, 2.75) is 64.7 Å². The average molecular weight is 506 g/mol. The van der Waals surface area contributed by atoms with Gasteiger partial charge in [0.15, 0.2) is 0 Å². The Morgan fingerprint density at radius 2 is 1.89 bits per heavy atom. The molecule has 0 unspecified atom stereocenters. The minimum Gasteiger partial charge on any atom is -0.384 e. The van der Waals surface area contributed by atoms with E-state index in [4.69, 9.17) is 4.42 Å². The normalized spacial score (nSPS) is 17.3. The number of hydrogen-bond acceptors (Lipinski definition) is 7. The summed E-state index contributed by atoms with van der Waals surface area (Å²) in [6, 6.07) is 5.55. The van der Waals surface area contributed by atoms with E-state index < -0.39 is 23.1 Å². The number of amides is 2. The Bertz CT molecular complexity index is 1190. The molecule has 0 aliphatic carbocycles. The van der Waals surface area contributed by atoms with E-state index >= 15 is 0 Å². The van der Waals surface area contributed by atoms with Crippen molar-refractivity contribution in [1.82, 2.24) is 24.9 Å². The van der Waals surface area contributed by atoms with Crippen molar-refractivity contribution < 1.29 is 18.8 Å². The maximum absolute atomic E-state index is 12.9. The number of nitrogens with one attached hydrogen (secondary N) is 1. The minimum absolute atomic E-state index is 0. The molecule has 35 heavy (non-hydrogen) atoms. The number of nitrogens with zero attached hydrogens (tertiary/aromatic N) is 4. The molecular formula is C24H32ClN5O5. The molecule has 1 atom stereocenters. The Labute approximate surface area is 210 Å². The number of benzene rings is 1. The number of hydrogen-bond donors (Lipinski definition) is 1. The summed E-state index contributed by atoms with van der Waals surface area (Å²) in [6.45, 7) is 7.46. The molecule has 1 aromatic carbocycles. The Balaban J connectivity index is 0.00000342. The summed E-state index contributed by atoms with van der Waals surface area (Å²) in [5.74, 6) is -1.68. The molecule has 0 saturated carbocycles. The van der Waals surface area contributed by atoms with Crippen LogP contribution >= 0.6 is 12.4 Å². The summed E-state index contributed by atoms with van der Waals surface area (Å²) in [4.78, 5) is 53.5. The Morgan fingerprint density at radius 1 is 1.17 bits per heavy atom. The van der Waals surface area contributed by atoms with Gasteiger partial charge in [0.1, 0.15) is 6.04 Å². The van der Waals surface area contributed by atoms with Crippen LogP contribution in [0.4, 0.5) is 0 Å². The molecule has 2 aliphatic heterocycles. The number of ketones is 1. The number of halogens is 1. The van der Waals surface area contributed by atoms with Gasteiger partial charge in [-0.1, -0.05) is 23.8 Å². The molecule has 1 N–H and O–H groups in total. The van der Waals surface area contributed by atoms with Crippen molar-refractivity contribution in [3.63, 3.8) is 0 Å². The minimum atomic E-state index is -0.719. The first-order valence-electron chi connectivity index (χ1n) is 11.5. The van der Waals surface area contributed by atoms with Gasteiger partial charge < -0.3 is 19.5 Å². The quantitative estimate of drug-likeness (QED) is 0.567. The van der Waals surface area contributed by atoms with Crippen LogP contribution in [-0.4, -0.2) is 61.8 Å². The second kappa shape index (κ2) is 10.3. The lowest BCUT2D eigenvalue weighted by Gasteiger charge is -2.30. The molecule has 0 bridgehead atoms. The molecule has 2 amide bonds. The van der Waals surface area contributed by atoms with Crippen molar-refractivity contribution in [3.05, 3.63) is 51.3 Å². The van der Waals surface area contributed by atoms with Gasteiger partial charge in [-0.2, -0.15) is 4.68 Å². The van der Waals surface area contributed by atoms with Gasteiger partial charge in [-0.3, -0.25) is 14.4 Å². The standard InChI is InChI=1S/C24H31N5O5.ClH/c1-15-7-8-16-13-28(14-17(16)10-15)19(30)11-24(2,3)25-12-20(31)29-9-5-6-18(29)21(32)22-26-27(4)23(33)34-22;/h7-8,10,18,25H,5-6,9,11-14H2,1-4H3;1H/t18-;/m0./s1. The van der Waals surface area contributed by atoms with E-state index in [-0.39, 0.29) is 43.1 Å². The Hall–Kier alpha value is -2.98. The second-order valence-electron chi connectivity index (χ2n) is 9.84. The molecule has 2 aliphatic rings. The third-order valence-corrected chi connectivity index (χ3v) is 6.52. The lowest BCUT2D eigenvalue weighted by atomic mass is 9.99. The van der Waals surface area contributed by atoms with Gasteiger partial charge in [0.05, 0.1) is 6.54 Å². The molecule has 4 rings (SSSR count). The Morgan fingerprint density at radius 3 is 2.57 bits per heavy atom. The maximum Gasteiger partial charge on any atom is 0.437 e. The van der Waals surface area contributed by atoms with Crippen molar-refractivity contribution in [2.24, 2.45) is 7.05 Å². The van der Waals surface area contributed by atoms with Gasteiger partial charge in [-0.25, -0.2) is 4.79 Å². The van der Waals surface area contributed by atoms with Gasteiger partial charge in [0.25, 0.3) is 5.89 Å². The molecular weight excluding hydrogens is 474 g/mol. The van der Waals surface area contributed by atoms with Crippen molar-refractivity contribution >= 4 is 30.0 Å². The zero-order valence-corrected chi connectivity index (χ0v) is 21.3. The number of aromatic nitrogens is 2. The lowest BCUT2D eigenvalue weighted by Crippen LogP contribution is -2.50. The van der Waals surface area contributed by atoms with Crippen LogP contribution in [0, 0.1) is 6.92 Å². The number of likely N-dealkylation sites (tertiary alicyclic amines) is 1. The van der Waals surface area contributed by atoms with Crippen LogP contribution in [0.15, 0.2) is 27.4 Å². The molecule has 190 valence electrons. The third-order valence-electron chi connectivity index (χ3n) is 6.52. The first kappa shape index (κ1) is 26.6. The topological polar surface area (TPSA) is 118 Å². The highest BCUT2D eigenvalue weighted by molar-refractivity contribution is 5.98. The highest BCUT2D eigenvalue weighted by Gasteiger charge is 2.37. The van der Waals surface area contributed by atoms with Crippen LogP contribution in [0.3, 0.4) is 0 Å². The lowest BCUT2D eigenvalue weighted by molar-refractivity contribution is -0.134. The second-order valence-corrected chi connectivity index (χ2v) is 9.84. The third kappa shape index (κ3) is 5.82. The summed E-state index contributed by atoms with van der Waals surface area (Å²) < 4.78 is 5.86. The first-order valence-corrected chi connectivity index (χ1v) is 11.5. The van der Waals surface area contributed by atoms with Crippen LogP contribution in [0.25, 0.3) is 0 Å². The molecule has 0 radical (unpaired) electrons.